The molecule has 0 fully saturated rings. The topological polar surface area (TPSA) is 25.3 Å². The van der Waals surface area contributed by atoms with Crippen molar-refractivity contribution in [3.05, 3.63) is 97.6 Å². The second-order valence-electron chi connectivity index (χ2n) is 25.9. The van der Waals surface area contributed by atoms with Gasteiger partial charge < -0.3 is 5.53 Å². The molecule has 1 heterocycles. The summed E-state index contributed by atoms with van der Waals surface area (Å²) in [6.45, 7) is 23.1. The molecule has 486 valence electrons. The molecule has 0 atom stereocenters. The Kier molecular flexibility index (Phi) is 50.9. The van der Waals surface area contributed by atoms with Crippen molar-refractivity contribution < 1.29 is 19.1 Å². The van der Waals surface area contributed by atoms with Gasteiger partial charge in [-0.3, -0.25) is 0 Å². The van der Waals surface area contributed by atoms with Crippen LogP contribution in [0.3, 0.4) is 0 Å². The molecule has 0 unspecified atom stereocenters. The molecule has 2 aromatic carbocycles. The van der Waals surface area contributed by atoms with Gasteiger partial charge in [0.1, 0.15) is 0 Å². The Balaban J connectivity index is 0.00000460. The van der Waals surface area contributed by atoms with Crippen LogP contribution in [0.5, 0.6) is 0 Å². The third-order valence-electron chi connectivity index (χ3n) is 18.3. The van der Waals surface area contributed by atoms with Crippen molar-refractivity contribution in [1.82, 2.24) is 0 Å². The van der Waals surface area contributed by atoms with E-state index < -0.39 is 0 Å². The number of aryl methyl sites for hydroxylation is 4. The van der Waals surface area contributed by atoms with Crippen molar-refractivity contribution in [3.63, 3.8) is 0 Å². The van der Waals surface area contributed by atoms with Crippen LogP contribution < -0.4 is 0 Å². The SMILES string of the molecule is CCCCCCCCCCCCCCCCCCCCCCCCCC=CC1=C(c2cc(CCCCC)c(CCCCC)c(CCCCC)c2)[N+](=[N-])C(c2cc(CCCCC)c(CCCCC)c(CCCCC)c2)=C1CCCC.C[CH2][Ni][CH2]C. The molecule has 2 nitrogen and oxygen atoms in total. The van der Waals surface area contributed by atoms with Crippen LogP contribution in [0.25, 0.3) is 16.9 Å². The quantitative estimate of drug-likeness (QED) is 0.0358. The first-order valence-electron chi connectivity index (χ1n) is 37.7. The summed E-state index contributed by atoms with van der Waals surface area (Å²) in [4.78, 5) is 0. The molecule has 0 bridgehead atoms. The number of hydrogen-bond donors (Lipinski definition) is 0. The van der Waals surface area contributed by atoms with Crippen molar-refractivity contribution in [2.45, 2.75) is 407 Å². The predicted octanol–water partition coefficient (Wildman–Crippen LogP) is 28.3. The number of hydrogen-bond acceptors (Lipinski definition) is 0. The standard InChI is InChI=1S/C77H132N2.2C2H5.Ni/c1-9-17-25-26-27-28-29-30-31-32-33-34-35-36-37-38-39-40-41-42-43-44-45-46-53-61-75-74(58-24-16-8)76(70-62-66(54-47-18-10-2)72(59-51-22-14-6)67(63-70)55-48-19-11-3)79(78)77(75)71-64-68(56-49-20-12-4)73(60-52-23-15-7)69(65-71)57-50-21-13-5;2*1-2;/h53,61-65H,9-52,54-60H2,1-8H3;2*1H2,2H3;. The zero-order valence-electron chi connectivity index (χ0n) is 58.2. The van der Waals surface area contributed by atoms with E-state index in [4.69, 9.17) is 0 Å². The Morgan fingerprint density at radius 2 is 0.583 bits per heavy atom. The Hall–Kier alpha value is -2.25. The molecule has 0 spiro atoms. The van der Waals surface area contributed by atoms with Crippen LogP contribution in [0.2, 0.25) is 10.8 Å². The first-order chi connectivity index (χ1) is 41.3. The van der Waals surface area contributed by atoms with Gasteiger partial charge in [-0.1, -0.05) is 292 Å². The minimum atomic E-state index is 0.988. The van der Waals surface area contributed by atoms with E-state index in [1.54, 1.807) is 38.1 Å². The molecule has 0 amide bonds. The van der Waals surface area contributed by atoms with Gasteiger partial charge in [0, 0.05) is 16.7 Å². The van der Waals surface area contributed by atoms with Gasteiger partial charge in [-0.25, -0.2) is 4.70 Å². The number of unbranched alkanes of at least 4 members (excludes halogenated alkanes) is 36. The number of rotatable bonds is 56. The minimum absolute atomic E-state index is 0.988. The normalized spacial score (nSPS) is 12.8. The molecule has 1 aliphatic rings. The average molecular weight is 1200 g/mol. The van der Waals surface area contributed by atoms with Crippen LogP contribution in [0, 0.1) is 0 Å². The molecule has 1 aliphatic heterocycles. The van der Waals surface area contributed by atoms with Crippen LogP contribution in [0.15, 0.2) is 47.6 Å². The Bertz CT molecular complexity index is 1930. The molecule has 84 heavy (non-hydrogen) atoms. The summed E-state index contributed by atoms with van der Waals surface area (Å²) in [7, 11) is 0. The molecular weight excluding hydrogens is 1060 g/mol. The van der Waals surface area contributed by atoms with E-state index in [0.29, 0.717) is 0 Å². The predicted molar refractivity (Wildman–Crippen MR) is 376 cm³/mol. The molecule has 2 aromatic rings. The molecule has 0 N–H and O–H groups in total. The summed E-state index contributed by atoms with van der Waals surface area (Å²) in [6.07, 6.45) is 71.7. The van der Waals surface area contributed by atoms with Gasteiger partial charge in [0.2, 0.25) is 11.4 Å². The second-order valence-corrected chi connectivity index (χ2v) is 27.8. The molecule has 3 heteroatoms. The summed E-state index contributed by atoms with van der Waals surface area (Å²) >= 11 is 1.82. The summed E-state index contributed by atoms with van der Waals surface area (Å²) in [5.74, 6) is 0. The van der Waals surface area contributed by atoms with Crippen molar-refractivity contribution in [2.75, 3.05) is 0 Å². The fourth-order valence-electron chi connectivity index (χ4n) is 13.2. The van der Waals surface area contributed by atoms with Crippen LogP contribution in [-0.4, -0.2) is 4.70 Å². The Labute approximate surface area is 532 Å². The zero-order chi connectivity index (χ0) is 60.9. The molecule has 0 aromatic heterocycles. The van der Waals surface area contributed by atoms with E-state index >= 15 is 0 Å². The molecule has 0 radical (unpaired) electrons. The van der Waals surface area contributed by atoms with Crippen LogP contribution in [0.4, 0.5) is 0 Å². The maximum atomic E-state index is 13.3. The van der Waals surface area contributed by atoms with Crippen LogP contribution in [0.1, 0.15) is 403 Å². The zero-order valence-corrected chi connectivity index (χ0v) is 59.1. The molecule has 3 rings (SSSR count). The summed E-state index contributed by atoms with van der Waals surface area (Å²) in [5, 5.41) is 2.56. The molecule has 0 aliphatic carbocycles. The van der Waals surface area contributed by atoms with Gasteiger partial charge in [0.15, 0.2) is 0 Å². The van der Waals surface area contributed by atoms with Gasteiger partial charge in [0.25, 0.3) is 0 Å². The van der Waals surface area contributed by atoms with Crippen LogP contribution >= 0.6 is 0 Å². The molecule has 0 saturated carbocycles. The van der Waals surface area contributed by atoms with Gasteiger partial charge in [-0.05, 0) is 160 Å². The fraction of sp³-hybridized carbons (Fsp3) is 0.778. The number of allylic oxidation sites excluding steroid dienone is 4. The monoisotopic (exact) mass is 1200 g/mol. The van der Waals surface area contributed by atoms with Crippen molar-refractivity contribution >= 4 is 11.4 Å². The van der Waals surface area contributed by atoms with Gasteiger partial charge >= 0.3 is 39.1 Å². The maximum absolute atomic E-state index is 13.3. The van der Waals surface area contributed by atoms with E-state index in [1.807, 2.05) is 14.4 Å². The Morgan fingerprint density at radius 3 is 0.881 bits per heavy atom. The third kappa shape index (κ3) is 33.9. The van der Waals surface area contributed by atoms with Crippen molar-refractivity contribution in [1.29, 1.82) is 0 Å². The number of nitrogens with zero attached hydrogens (tertiary/aromatic N) is 2. The molecular formula is C81H142N2Ni. The third-order valence-corrected chi connectivity index (χ3v) is 19.3. The second kappa shape index (κ2) is 54.9. The first kappa shape index (κ1) is 77.8. The van der Waals surface area contributed by atoms with Gasteiger partial charge in [0.05, 0.1) is 5.57 Å². The first-order valence-corrected chi connectivity index (χ1v) is 39.1. The average Bonchev–Trinajstić information content (AvgIpc) is 2.83. The van der Waals surface area contributed by atoms with E-state index in [-0.39, 0.29) is 0 Å². The van der Waals surface area contributed by atoms with E-state index in [9.17, 15) is 5.53 Å². The van der Waals surface area contributed by atoms with Crippen LogP contribution in [-0.2, 0) is 53.0 Å². The van der Waals surface area contributed by atoms with E-state index in [0.717, 1.165) is 62.8 Å². The molecule has 0 saturated heterocycles. The Morgan fingerprint density at radius 1 is 0.310 bits per heavy atom. The van der Waals surface area contributed by atoms with E-state index in [2.05, 4.69) is 106 Å². The summed E-state index contributed by atoms with van der Waals surface area (Å²) in [5.41, 5.74) is 30.0. The van der Waals surface area contributed by atoms with Gasteiger partial charge in [-0.15, -0.1) is 0 Å². The van der Waals surface area contributed by atoms with Crippen molar-refractivity contribution in [2.24, 2.45) is 0 Å². The van der Waals surface area contributed by atoms with Crippen molar-refractivity contribution in [3.8, 4) is 0 Å². The van der Waals surface area contributed by atoms with Gasteiger partial charge in [-0.2, -0.15) is 0 Å². The van der Waals surface area contributed by atoms with E-state index in [1.165, 1.54) is 309 Å². The summed E-state index contributed by atoms with van der Waals surface area (Å²) in [6, 6.07) is 10.3. The number of benzene rings is 2. The summed E-state index contributed by atoms with van der Waals surface area (Å²) < 4.78 is 1.74. The fourth-order valence-corrected chi connectivity index (χ4v) is 13.7.